The average molecular weight is 267 g/mol. The highest BCUT2D eigenvalue weighted by molar-refractivity contribution is 6.29. The van der Waals surface area contributed by atoms with Crippen LogP contribution in [0.5, 0.6) is 0 Å². The Hall–Kier alpha value is -1.95. The number of carbonyl (C=O) groups is 1. The number of aliphatic carboxylic acids is 1. The van der Waals surface area contributed by atoms with Gasteiger partial charge in [0.15, 0.2) is 6.04 Å². The maximum Gasteiger partial charge on any atom is 0.328 e. The third-order valence-electron chi connectivity index (χ3n) is 2.52. The molecule has 18 heavy (non-hydrogen) atoms. The molecule has 2 aromatic heterocycles. The number of carboxylic acids is 1. The summed E-state index contributed by atoms with van der Waals surface area (Å²) in [4.78, 5) is 14.9. The fourth-order valence-electron chi connectivity index (χ4n) is 1.56. The molecule has 2 aromatic rings. The van der Waals surface area contributed by atoms with Gasteiger partial charge in [-0.1, -0.05) is 23.7 Å². The second-order valence-corrected chi connectivity index (χ2v) is 4.10. The standard InChI is InChI=1S/C11H11ClN4O2/c1-2-9(11(17)18)16-6-8(14-15-16)7-3-4-10(12)13-5-7/h3-6,9H,2H2,1H3,(H,17,18). The molecular weight excluding hydrogens is 256 g/mol. The lowest BCUT2D eigenvalue weighted by molar-refractivity contribution is -0.141. The zero-order valence-electron chi connectivity index (χ0n) is 9.62. The molecule has 0 bridgehead atoms. The van der Waals surface area contributed by atoms with Crippen LogP contribution in [0, 0.1) is 0 Å². The second kappa shape index (κ2) is 5.14. The minimum Gasteiger partial charge on any atom is -0.480 e. The van der Waals surface area contributed by atoms with Crippen molar-refractivity contribution in [3.63, 3.8) is 0 Å². The molecule has 7 heteroatoms. The van der Waals surface area contributed by atoms with E-state index in [9.17, 15) is 4.79 Å². The molecule has 0 saturated carbocycles. The Morgan fingerprint density at radius 2 is 2.33 bits per heavy atom. The summed E-state index contributed by atoms with van der Waals surface area (Å²) in [6, 6.07) is 2.70. The number of pyridine rings is 1. The summed E-state index contributed by atoms with van der Waals surface area (Å²) in [6.45, 7) is 1.78. The lowest BCUT2D eigenvalue weighted by Gasteiger charge is -2.07. The Balaban J connectivity index is 2.30. The molecule has 0 aliphatic carbocycles. The van der Waals surface area contributed by atoms with E-state index in [0.717, 1.165) is 5.56 Å². The van der Waals surface area contributed by atoms with Gasteiger partial charge >= 0.3 is 5.97 Å². The number of halogens is 1. The van der Waals surface area contributed by atoms with Crippen molar-refractivity contribution < 1.29 is 9.90 Å². The molecule has 1 N–H and O–H groups in total. The van der Waals surface area contributed by atoms with Crippen molar-refractivity contribution in [3.8, 4) is 11.3 Å². The molecule has 0 amide bonds. The molecule has 2 heterocycles. The highest BCUT2D eigenvalue weighted by Crippen LogP contribution is 2.19. The van der Waals surface area contributed by atoms with Crippen LogP contribution in [-0.4, -0.2) is 31.1 Å². The van der Waals surface area contributed by atoms with E-state index in [1.54, 1.807) is 31.5 Å². The largest absolute Gasteiger partial charge is 0.480 e. The molecule has 2 rings (SSSR count). The molecule has 0 aromatic carbocycles. The summed E-state index contributed by atoms with van der Waals surface area (Å²) in [5, 5.41) is 17.2. The lowest BCUT2D eigenvalue weighted by Crippen LogP contribution is -2.18. The van der Waals surface area contributed by atoms with Crippen molar-refractivity contribution in [1.82, 2.24) is 20.0 Å². The quantitative estimate of drug-likeness (QED) is 0.857. The predicted octanol–water partition coefficient (Wildman–Crippen LogP) is 2.03. The number of nitrogens with zero attached hydrogens (tertiary/aromatic N) is 4. The van der Waals surface area contributed by atoms with Gasteiger partial charge in [0.2, 0.25) is 0 Å². The minimum atomic E-state index is -0.928. The van der Waals surface area contributed by atoms with Gasteiger partial charge in [-0.15, -0.1) is 5.10 Å². The average Bonchev–Trinajstić information content (AvgIpc) is 2.80. The maximum absolute atomic E-state index is 11.0. The molecule has 0 spiro atoms. The third kappa shape index (κ3) is 2.48. The first-order chi connectivity index (χ1) is 8.61. The van der Waals surface area contributed by atoms with Gasteiger partial charge in [-0.2, -0.15) is 0 Å². The topological polar surface area (TPSA) is 80.9 Å². The summed E-state index contributed by atoms with van der Waals surface area (Å²) >= 11 is 5.69. The maximum atomic E-state index is 11.0. The molecular formula is C11H11ClN4O2. The third-order valence-corrected chi connectivity index (χ3v) is 2.75. The molecule has 94 valence electrons. The van der Waals surface area contributed by atoms with Crippen molar-refractivity contribution >= 4 is 17.6 Å². The van der Waals surface area contributed by atoms with Crippen LogP contribution in [0.15, 0.2) is 24.5 Å². The number of rotatable bonds is 4. The highest BCUT2D eigenvalue weighted by atomic mass is 35.5. The van der Waals surface area contributed by atoms with Crippen molar-refractivity contribution in [3.05, 3.63) is 29.7 Å². The molecule has 0 aliphatic rings. The van der Waals surface area contributed by atoms with E-state index in [1.807, 2.05) is 0 Å². The fourth-order valence-corrected chi connectivity index (χ4v) is 1.68. The van der Waals surface area contributed by atoms with Crippen molar-refractivity contribution in [2.75, 3.05) is 0 Å². The number of aromatic nitrogens is 4. The van der Waals surface area contributed by atoms with Crippen molar-refractivity contribution in [1.29, 1.82) is 0 Å². The number of hydrogen-bond donors (Lipinski definition) is 1. The summed E-state index contributed by atoms with van der Waals surface area (Å²) in [6.07, 6.45) is 3.60. The van der Waals surface area contributed by atoms with E-state index >= 15 is 0 Å². The fraction of sp³-hybridized carbons (Fsp3) is 0.273. The smallest absolute Gasteiger partial charge is 0.328 e. The van der Waals surface area contributed by atoms with Crippen molar-refractivity contribution in [2.24, 2.45) is 0 Å². The predicted molar refractivity (Wildman–Crippen MR) is 65.2 cm³/mol. The van der Waals surface area contributed by atoms with Gasteiger partial charge in [0.1, 0.15) is 10.8 Å². The minimum absolute atomic E-state index is 0.392. The Labute approximate surface area is 108 Å². The Morgan fingerprint density at radius 3 is 2.89 bits per heavy atom. The van der Waals surface area contributed by atoms with Crippen LogP contribution in [0.3, 0.4) is 0 Å². The van der Waals surface area contributed by atoms with Gasteiger partial charge in [0.25, 0.3) is 0 Å². The zero-order chi connectivity index (χ0) is 13.1. The molecule has 1 atom stereocenters. The van der Waals surface area contributed by atoms with E-state index in [1.165, 1.54) is 4.68 Å². The Kier molecular flexibility index (Phi) is 3.57. The molecule has 0 radical (unpaired) electrons. The van der Waals surface area contributed by atoms with Crippen LogP contribution >= 0.6 is 11.6 Å². The van der Waals surface area contributed by atoms with E-state index in [2.05, 4.69) is 15.3 Å². The van der Waals surface area contributed by atoms with E-state index < -0.39 is 12.0 Å². The lowest BCUT2D eigenvalue weighted by atomic mass is 10.2. The first kappa shape index (κ1) is 12.5. The van der Waals surface area contributed by atoms with E-state index in [4.69, 9.17) is 16.7 Å². The highest BCUT2D eigenvalue weighted by Gasteiger charge is 2.19. The van der Waals surface area contributed by atoms with Crippen LogP contribution in [0.1, 0.15) is 19.4 Å². The summed E-state index contributed by atoms with van der Waals surface area (Å²) in [5.41, 5.74) is 1.31. The van der Waals surface area contributed by atoms with Gasteiger partial charge in [-0.05, 0) is 18.6 Å². The second-order valence-electron chi connectivity index (χ2n) is 3.72. The molecule has 0 aliphatic heterocycles. The first-order valence-corrected chi connectivity index (χ1v) is 5.76. The summed E-state index contributed by atoms with van der Waals surface area (Å²) < 4.78 is 1.34. The number of carboxylic acid groups (broad SMARTS) is 1. The summed E-state index contributed by atoms with van der Waals surface area (Å²) in [5.74, 6) is -0.928. The van der Waals surface area contributed by atoms with Crippen LogP contribution in [0.4, 0.5) is 0 Å². The van der Waals surface area contributed by atoms with Gasteiger partial charge in [0, 0.05) is 11.8 Å². The Morgan fingerprint density at radius 1 is 1.56 bits per heavy atom. The van der Waals surface area contributed by atoms with Crippen LogP contribution in [-0.2, 0) is 4.79 Å². The van der Waals surface area contributed by atoms with Crippen molar-refractivity contribution in [2.45, 2.75) is 19.4 Å². The molecule has 6 nitrogen and oxygen atoms in total. The van der Waals surface area contributed by atoms with Gasteiger partial charge in [0.05, 0.1) is 6.20 Å². The van der Waals surface area contributed by atoms with Gasteiger partial charge in [-0.3, -0.25) is 0 Å². The van der Waals surface area contributed by atoms with Crippen LogP contribution < -0.4 is 0 Å². The van der Waals surface area contributed by atoms with Crippen LogP contribution in [0.25, 0.3) is 11.3 Å². The van der Waals surface area contributed by atoms with Gasteiger partial charge in [-0.25, -0.2) is 14.5 Å². The SMILES string of the molecule is CCC(C(=O)O)n1cc(-c2ccc(Cl)nc2)nn1. The molecule has 1 unspecified atom stereocenters. The normalized spacial score (nSPS) is 12.3. The van der Waals surface area contributed by atoms with E-state index in [0.29, 0.717) is 17.3 Å². The van der Waals surface area contributed by atoms with Gasteiger partial charge < -0.3 is 5.11 Å². The molecule has 0 saturated heterocycles. The summed E-state index contributed by atoms with van der Waals surface area (Å²) in [7, 11) is 0. The molecule has 0 fully saturated rings. The first-order valence-electron chi connectivity index (χ1n) is 5.38. The zero-order valence-corrected chi connectivity index (χ0v) is 10.4. The monoisotopic (exact) mass is 266 g/mol. The Bertz CT molecular complexity index is 552. The van der Waals surface area contributed by atoms with E-state index in [-0.39, 0.29) is 0 Å². The number of hydrogen-bond acceptors (Lipinski definition) is 4. The van der Waals surface area contributed by atoms with Crippen LogP contribution in [0.2, 0.25) is 5.15 Å².